The molecule has 3 aliphatic heterocycles. The van der Waals surface area contributed by atoms with Gasteiger partial charge in [-0.15, -0.1) is 11.7 Å². The zero-order chi connectivity index (χ0) is 29.4. The maximum absolute atomic E-state index is 14.7. The Hall–Kier alpha value is -4.09. The van der Waals surface area contributed by atoms with Crippen molar-refractivity contribution in [2.45, 2.75) is 56.6 Å². The van der Waals surface area contributed by atoms with Gasteiger partial charge in [0.05, 0.1) is 42.7 Å². The van der Waals surface area contributed by atoms with Gasteiger partial charge in [-0.1, -0.05) is 53.8 Å². The van der Waals surface area contributed by atoms with Crippen LogP contribution >= 0.6 is 0 Å². The van der Waals surface area contributed by atoms with Gasteiger partial charge in [0, 0.05) is 6.54 Å². The van der Waals surface area contributed by atoms with E-state index in [0.717, 1.165) is 11.1 Å². The number of rotatable bonds is 11. The highest BCUT2D eigenvalue weighted by molar-refractivity contribution is 5.98. The Labute approximate surface area is 243 Å². The van der Waals surface area contributed by atoms with E-state index in [-0.39, 0.29) is 38.2 Å². The standard InChI is InChI=1S/C31H35N5O6/c1-3-16-34(19-35-23-13-9-8-12-22(23)32-33-35)29(39)27-31-15-14-24(42-31)25(30(40)41-4-2)26(31)28(38)36(27)21(18-37)17-20-10-6-5-7-11-20/h3,5-13,21,24-27,37H,1,4,14-19H2,2H3/t21-,24+,25-,26+,27?,31?/m1/s1. The van der Waals surface area contributed by atoms with E-state index in [2.05, 4.69) is 16.9 Å². The molecule has 2 bridgehead atoms. The summed E-state index contributed by atoms with van der Waals surface area (Å²) in [5.74, 6) is -2.91. The molecule has 1 spiro atoms. The van der Waals surface area contributed by atoms with Crippen molar-refractivity contribution in [3.63, 3.8) is 0 Å². The van der Waals surface area contributed by atoms with Crippen molar-refractivity contribution in [2.24, 2.45) is 11.8 Å². The zero-order valence-electron chi connectivity index (χ0n) is 23.5. The summed E-state index contributed by atoms with van der Waals surface area (Å²) >= 11 is 0. The lowest BCUT2D eigenvalue weighted by Gasteiger charge is -2.39. The second-order valence-electron chi connectivity index (χ2n) is 11.1. The topological polar surface area (TPSA) is 127 Å². The summed E-state index contributed by atoms with van der Waals surface area (Å²) in [5.41, 5.74) is 1.14. The lowest BCUT2D eigenvalue weighted by Crippen LogP contribution is -2.59. The number of ether oxygens (including phenoxy) is 2. The first kappa shape index (κ1) is 28.0. The van der Waals surface area contributed by atoms with Crippen LogP contribution in [-0.4, -0.2) is 91.2 Å². The molecule has 1 aromatic heterocycles. The Morgan fingerprint density at radius 3 is 2.74 bits per heavy atom. The minimum Gasteiger partial charge on any atom is -0.466 e. The fraction of sp³-hybridized carbons (Fsp3) is 0.452. The minimum absolute atomic E-state index is 0.0673. The number of para-hydroxylation sites is 1. The van der Waals surface area contributed by atoms with E-state index in [4.69, 9.17) is 9.47 Å². The molecule has 3 fully saturated rings. The summed E-state index contributed by atoms with van der Waals surface area (Å²) in [6, 6.07) is 15.2. The summed E-state index contributed by atoms with van der Waals surface area (Å²) in [7, 11) is 0. The maximum Gasteiger partial charge on any atom is 0.312 e. The molecule has 4 heterocycles. The SMILES string of the molecule is C=CCN(Cn1nnc2ccccc21)C(=O)C1N([C@@H](CO)Cc2ccccc2)C(=O)[C@@H]2[C@H](C(=O)OCC)[C@@H]3CCC12O3. The number of amides is 2. The van der Waals surface area contributed by atoms with Crippen molar-refractivity contribution in [1.29, 1.82) is 0 Å². The highest BCUT2D eigenvalue weighted by Crippen LogP contribution is 2.59. The molecule has 2 unspecified atom stereocenters. The number of hydrogen-bond donors (Lipinski definition) is 1. The summed E-state index contributed by atoms with van der Waals surface area (Å²) < 4.78 is 13.5. The van der Waals surface area contributed by atoms with E-state index in [1.165, 1.54) is 4.90 Å². The third-order valence-corrected chi connectivity index (χ3v) is 8.84. The summed E-state index contributed by atoms with van der Waals surface area (Å²) in [6.45, 7) is 5.64. The largest absolute Gasteiger partial charge is 0.466 e. The van der Waals surface area contributed by atoms with Crippen LogP contribution in [-0.2, 0) is 36.9 Å². The molecule has 3 aromatic rings. The average Bonchev–Trinajstić information content (AvgIpc) is 3.75. The molecule has 0 aliphatic carbocycles. The number of aliphatic hydroxyl groups excluding tert-OH is 1. The number of hydrogen-bond acceptors (Lipinski definition) is 8. The summed E-state index contributed by atoms with van der Waals surface area (Å²) in [4.78, 5) is 45.3. The van der Waals surface area contributed by atoms with Gasteiger partial charge in [-0.25, -0.2) is 4.68 Å². The van der Waals surface area contributed by atoms with E-state index >= 15 is 0 Å². The molecule has 3 aliphatic rings. The fourth-order valence-corrected chi connectivity index (χ4v) is 7.14. The predicted molar refractivity (Wildman–Crippen MR) is 152 cm³/mol. The van der Waals surface area contributed by atoms with E-state index < -0.39 is 41.6 Å². The number of carbonyl (C=O) groups is 3. The number of esters is 1. The van der Waals surface area contributed by atoms with E-state index in [1.54, 1.807) is 22.6 Å². The first-order valence-electron chi connectivity index (χ1n) is 14.4. The molecule has 11 nitrogen and oxygen atoms in total. The lowest BCUT2D eigenvalue weighted by atomic mass is 9.70. The third-order valence-electron chi connectivity index (χ3n) is 8.84. The lowest BCUT2D eigenvalue weighted by molar-refractivity contribution is -0.156. The van der Waals surface area contributed by atoms with Crippen LogP contribution in [0.4, 0.5) is 0 Å². The van der Waals surface area contributed by atoms with Crippen LogP contribution in [0.3, 0.4) is 0 Å². The van der Waals surface area contributed by atoms with Crippen molar-refractivity contribution in [1.82, 2.24) is 24.8 Å². The Balaban J connectivity index is 1.41. The van der Waals surface area contributed by atoms with Crippen LogP contribution in [0.2, 0.25) is 0 Å². The van der Waals surface area contributed by atoms with Crippen molar-refractivity contribution < 1.29 is 29.0 Å². The highest BCUT2D eigenvalue weighted by Gasteiger charge is 2.75. The molecule has 220 valence electrons. The van der Waals surface area contributed by atoms with E-state index in [1.807, 2.05) is 54.6 Å². The smallest absolute Gasteiger partial charge is 0.312 e. The molecule has 2 aromatic carbocycles. The van der Waals surface area contributed by atoms with Gasteiger partial charge in [0.15, 0.2) is 0 Å². The number of aromatic nitrogens is 3. The van der Waals surface area contributed by atoms with Gasteiger partial charge >= 0.3 is 5.97 Å². The molecule has 42 heavy (non-hydrogen) atoms. The average molecular weight is 574 g/mol. The number of nitrogens with zero attached hydrogens (tertiary/aromatic N) is 5. The van der Waals surface area contributed by atoms with Gasteiger partial charge in [-0.3, -0.25) is 14.4 Å². The van der Waals surface area contributed by atoms with E-state index in [9.17, 15) is 19.5 Å². The second kappa shape index (κ2) is 11.3. The Kier molecular flexibility index (Phi) is 7.54. The van der Waals surface area contributed by atoms with Crippen LogP contribution in [0.1, 0.15) is 25.3 Å². The summed E-state index contributed by atoms with van der Waals surface area (Å²) in [6.07, 6.45) is 2.41. The number of aliphatic hydroxyl groups is 1. The van der Waals surface area contributed by atoms with Gasteiger partial charge in [-0.2, -0.15) is 0 Å². The van der Waals surface area contributed by atoms with Crippen molar-refractivity contribution >= 4 is 28.8 Å². The van der Waals surface area contributed by atoms with Crippen LogP contribution in [0.15, 0.2) is 67.3 Å². The predicted octanol–water partition coefficient (Wildman–Crippen LogP) is 1.94. The van der Waals surface area contributed by atoms with E-state index in [0.29, 0.717) is 24.8 Å². The molecule has 6 atom stereocenters. The zero-order valence-corrected chi connectivity index (χ0v) is 23.5. The molecular formula is C31H35N5O6. The molecule has 11 heteroatoms. The van der Waals surface area contributed by atoms with Crippen LogP contribution in [0.25, 0.3) is 11.0 Å². The fourth-order valence-electron chi connectivity index (χ4n) is 7.14. The number of benzene rings is 2. The van der Waals surface area contributed by atoms with Gasteiger partial charge in [0.25, 0.3) is 0 Å². The van der Waals surface area contributed by atoms with Crippen molar-refractivity contribution in [3.05, 3.63) is 72.8 Å². The number of carbonyl (C=O) groups excluding carboxylic acids is 3. The molecule has 3 saturated heterocycles. The molecular weight excluding hydrogens is 538 g/mol. The highest BCUT2D eigenvalue weighted by atomic mass is 16.6. The molecule has 0 saturated carbocycles. The van der Waals surface area contributed by atoms with Crippen molar-refractivity contribution in [2.75, 3.05) is 19.8 Å². The maximum atomic E-state index is 14.7. The normalized spacial score (nSPS) is 26.8. The molecule has 0 radical (unpaired) electrons. The van der Waals surface area contributed by atoms with Gasteiger partial charge < -0.3 is 24.4 Å². The first-order chi connectivity index (χ1) is 20.4. The van der Waals surface area contributed by atoms with Crippen molar-refractivity contribution in [3.8, 4) is 0 Å². The van der Waals surface area contributed by atoms with Crippen LogP contribution in [0, 0.1) is 11.8 Å². The molecule has 1 N–H and O–H groups in total. The number of likely N-dealkylation sites (tertiary alicyclic amines) is 1. The molecule has 2 amide bonds. The third kappa shape index (κ3) is 4.47. The number of fused-ring (bicyclic) bond motifs is 2. The van der Waals surface area contributed by atoms with Gasteiger partial charge in [0.2, 0.25) is 11.8 Å². The molecule has 6 rings (SSSR count). The monoisotopic (exact) mass is 573 g/mol. The van der Waals surface area contributed by atoms with Crippen LogP contribution in [0.5, 0.6) is 0 Å². The first-order valence-corrected chi connectivity index (χ1v) is 14.4. The van der Waals surface area contributed by atoms with Crippen LogP contribution < -0.4 is 0 Å². The minimum atomic E-state index is -1.22. The van der Waals surface area contributed by atoms with Gasteiger partial charge in [-0.05, 0) is 43.9 Å². The Morgan fingerprint density at radius 2 is 2.00 bits per heavy atom. The summed E-state index contributed by atoms with van der Waals surface area (Å²) in [5, 5.41) is 19.1. The second-order valence-corrected chi connectivity index (χ2v) is 11.1. The van der Waals surface area contributed by atoms with Gasteiger partial charge in [0.1, 0.15) is 23.8 Å². The quantitative estimate of drug-likeness (QED) is 0.273. The Morgan fingerprint density at radius 1 is 1.24 bits per heavy atom. The Bertz CT molecular complexity index is 1490.